The smallest absolute Gasteiger partial charge is 0.276 e. The van der Waals surface area contributed by atoms with Gasteiger partial charge in [-0.25, -0.2) is 0 Å². The van der Waals surface area contributed by atoms with Gasteiger partial charge < -0.3 is 10.2 Å². The standard InChI is InChI=1S/C19H19N3O2S/c1-13(15-5-3-2-4-6-15)11-17-21-22-19(24-17)25-12-14-7-9-16(10-8-14)18(20)23/h2-10,13H,11-12H2,1H3,(H2,20,23). The van der Waals surface area contributed by atoms with Crippen molar-refractivity contribution in [1.29, 1.82) is 0 Å². The lowest BCUT2D eigenvalue weighted by Gasteiger charge is -2.08. The molecule has 0 saturated carbocycles. The molecule has 1 atom stereocenters. The minimum absolute atomic E-state index is 0.320. The van der Waals surface area contributed by atoms with Crippen LogP contribution in [0.25, 0.3) is 0 Å². The molecule has 0 aliphatic rings. The third kappa shape index (κ3) is 4.70. The summed E-state index contributed by atoms with van der Waals surface area (Å²) in [4.78, 5) is 11.1. The van der Waals surface area contributed by atoms with E-state index >= 15 is 0 Å². The summed E-state index contributed by atoms with van der Waals surface area (Å²) in [5, 5.41) is 8.78. The van der Waals surface area contributed by atoms with E-state index in [1.807, 2.05) is 30.3 Å². The number of thioether (sulfide) groups is 1. The number of amides is 1. The van der Waals surface area contributed by atoms with Gasteiger partial charge in [0.25, 0.3) is 5.22 Å². The number of rotatable bonds is 7. The van der Waals surface area contributed by atoms with Crippen molar-refractivity contribution in [3.8, 4) is 0 Å². The zero-order chi connectivity index (χ0) is 17.6. The maximum Gasteiger partial charge on any atom is 0.276 e. The summed E-state index contributed by atoms with van der Waals surface area (Å²) in [5.41, 5.74) is 8.06. The summed E-state index contributed by atoms with van der Waals surface area (Å²) in [5.74, 6) is 1.23. The molecule has 25 heavy (non-hydrogen) atoms. The third-order valence-corrected chi connectivity index (χ3v) is 4.79. The number of carbonyl (C=O) groups excluding carboxylic acids is 1. The number of nitrogens with zero attached hydrogens (tertiary/aromatic N) is 2. The SMILES string of the molecule is CC(Cc1nnc(SCc2ccc(C(N)=O)cc2)o1)c1ccccc1. The van der Waals surface area contributed by atoms with Gasteiger partial charge in [0, 0.05) is 17.7 Å². The molecule has 2 N–H and O–H groups in total. The summed E-state index contributed by atoms with van der Waals surface area (Å²) >= 11 is 1.48. The Hall–Kier alpha value is -2.60. The zero-order valence-electron chi connectivity index (χ0n) is 13.9. The number of aromatic nitrogens is 2. The molecule has 1 aromatic heterocycles. The molecule has 1 heterocycles. The predicted octanol–water partition coefficient (Wildman–Crippen LogP) is 3.81. The fourth-order valence-electron chi connectivity index (χ4n) is 2.45. The van der Waals surface area contributed by atoms with E-state index in [-0.39, 0.29) is 0 Å². The maximum absolute atomic E-state index is 11.1. The summed E-state index contributed by atoms with van der Waals surface area (Å²) in [6.07, 6.45) is 0.713. The van der Waals surface area contributed by atoms with Crippen LogP contribution in [0.1, 0.15) is 40.2 Å². The Morgan fingerprint density at radius 2 is 1.84 bits per heavy atom. The number of primary amides is 1. The molecule has 0 bridgehead atoms. The summed E-state index contributed by atoms with van der Waals surface area (Å²) in [6, 6.07) is 17.5. The number of hydrogen-bond acceptors (Lipinski definition) is 5. The van der Waals surface area contributed by atoms with Gasteiger partial charge in [0.2, 0.25) is 11.8 Å². The van der Waals surface area contributed by atoms with E-state index in [1.165, 1.54) is 17.3 Å². The molecular weight excluding hydrogens is 334 g/mol. The van der Waals surface area contributed by atoms with E-state index in [2.05, 4.69) is 29.3 Å². The molecule has 0 radical (unpaired) electrons. The Balaban J connectivity index is 1.55. The van der Waals surface area contributed by atoms with Crippen LogP contribution in [0.15, 0.2) is 64.2 Å². The first-order valence-corrected chi connectivity index (χ1v) is 8.99. The maximum atomic E-state index is 11.1. The molecule has 0 aliphatic heterocycles. The molecule has 0 spiro atoms. The van der Waals surface area contributed by atoms with E-state index in [9.17, 15) is 4.79 Å². The van der Waals surface area contributed by atoms with Crippen LogP contribution in [0.2, 0.25) is 0 Å². The average Bonchev–Trinajstić information content (AvgIpc) is 3.08. The van der Waals surface area contributed by atoms with Gasteiger partial charge in [-0.05, 0) is 29.2 Å². The lowest BCUT2D eigenvalue weighted by Crippen LogP contribution is -2.10. The molecule has 128 valence electrons. The number of hydrogen-bond donors (Lipinski definition) is 1. The average molecular weight is 353 g/mol. The van der Waals surface area contributed by atoms with Crippen LogP contribution >= 0.6 is 11.8 Å². The van der Waals surface area contributed by atoms with Crippen LogP contribution in [-0.2, 0) is 12.2 Å². The van der Waals surface area contributed by atoms with Gasteiger partial charge in [0.15, 0.2) is 0 Å². The molecule has 1 unspecified atom stereocenters. The van der Waals surface area contributed by atoms with E-state index in [0.29, 0.717) is 34.8 Å². The Labute approximate surface area is 150 Å². The molecule has 1 amide bonds. The molecule has 3 rings (SSSR count). The fraction of sp³-hybridized carbons (Fsp3) is 0.211. The monoisotopic (exact) mass is 353 g/mol. The fourth-order valence-corrected chi connectivity index (χ4v) is 3.19. The Morgan fingerprint density at radius 1 is 1.12 bits per heavy atom. The first kappa shape index (κ1) is 17.2. The van der Waals surface area contributed by atoms with Crippen molar-refractivity contribution in [2.75, 3.05) is 0 Å². The molecular formula is C19H19N3O2S. The second-order valence-electron chi connectivity index (χ2n) is 5.83. The topological polar surface area (TPSA) is 82.0 Å². The Morgan fingerprint density at radius 3 is 2.52 bits per heavy atom. The molecule has 2 aromatic carbocycles. The largest absolute Gasteiger partial charge is 0.416 e. The first-order valence-electron chi connectivity index (χ1n) is 8.00. The second kappa shape index (κ2) is 7.98. The third-order valence-electron chi connectivity index (χ3n) is 3.90. The van der Waals surface area contributed by atoms with Crippen LogP contribution in [0.4, 0.5) is 0 Å². The highest BCUT2D eigenvalue weighted by Crippen LogP contribution is 2.24. The number of carbonyl (C=O) groups is 1. The van der Waals surface area contributed by atoms with Crippen molar-refractivity contribution in [2.45, 2.75) is 30.2 Å². The lowest BCUT2D eigenvalue weighted by atomic mass is 9.98. The highest BCUT2D eigenvalue weighted by Gasteiger charge is 2.12. The summed E-state index contributed by atoms with van der Waals surface area (Å²) in [6.45, 7) is 2.15. The first-order chi connectivity index (χ1) is 12.1. The Kier molecular flexibility index (Phi) is 5.50. The quantitative estimate of drug-likeness (QED) is 0.653. The number of benzene rings is 2. The zero-order valence-corrected chi connectivity index (χ0v) is 14.7. The summed E-state index contributed by atoms with van der Waals surface area (Å²) in [7, 11) is 0. The van der Waals surface area contributed by atoms with Crippen LogP contribution in [-0.4, -0.2) is 16.1 Å². The van der Waals surface area contributed by atoms with Crippen molar-refractivity contribution in [2.24, 2.45) is 5.73 Å². The highest BCUT2D eigenvalue weighted by molar-refractivity contribution is 7.98. The molecule has 0 saturated heterocycles. The van der Waals surface area contributed by atoms with E-state index in [4.69, 9.17) is 10.2 Å². The normalized spacial score (nSPS) is 12.0. The van der Waals surface area contributed by atoms with Crippen molar-refractivity contribution in [1.82, 2.24) is 10.2 Å². The van der Waals surface area contributed by atoms with Crippen molar-refractivity contribution >= 4 is 17.7 Å². The van der Waals surface area contributed by atoms with Crippen molar-refractivity contribution in [3.05, 3.63) is 77.2 Å². The van der Waals surface area contributed by atoms with Crippen LogP contribution in [0, 0.1) is 0 Å². The van der Waals surface area contributed by atoms with Gasteiger partial charge in [-0.1, -0.05) is 61.2 Å². The van der Waals surface area contributed by atoms with Crippen LogP contribution < -0.4 is 5.73 Å². The number of nitrogens with two attached hydrogens (primary N) is 1. The molecule has 5 nitrogen and oxygen atoms in total. The molecule has 0 fully saturated rings. The van der Waals surface area contributed by atoms with Gasteiger partial charge in [-0.2, -0.15) is 0 Å². The second-order valence-corrected chi connectivity index (χ2v) is 6.75. The highest BCUT2D eigenvalue weighted by atomic mass is 32.2. The summed E-state index contributed by atoms with van der Waals surface area (Å²) < 4.78 is 5.73. The van der Waals surface area contributed by atoms with E-state index < -0.39 is 5.91 Å². The lowest BCUT2D eigenvalue weighted by molar-refractivity contribution is 0.100. The van der Waals surface area contributed by atoms with Gasteiger partial charge in [-0.15, -0.1) is 10.2 Å². The van der Waals surface area contributed by atoms with Crippen molar-refractivity contribution < 1.29 is 9.21 Å². The Bertz CT molecular complexity index is 831. The molecule has 6 heteroatoms. The molecule has 0 aliphatic carbocycles. The minimum Gasteiger partial charge on any atom is -0.416 e. The van der Waals surface area contributed by atoms with Crippen LogP contribution in [0.5, 0.6) is 0 Å². The minimum atomic E-state index is -0.423. The van der Waals surface area contributed by atoms with Crippen LogP contribution in [0.3, 0.4) is 0 Å². The van der Waals surface area contributed by atoms with Gasteiger partial charge in [0.1, 0.15) is 0 Å². The van der Waals surface area contributed by atoms with Gasteiger partial charge >= 0.3 is 0 Å². The van der Waals surface area contributed by atoms with E-state index in [1.54, 1.807) is 12.1 Å². The van der Waals surface area contributed by atoms with E-state index in [0.717, 1.165) is 5.56 Å². The van der Waals surface area contributed by atoms with Gasteiger partial charge in [-0.3, -0.25) is 4.79 Å². The van der Waals surface area contributed by atoms with Gasteiger partial charge in [0.05, 0.1) is 0 Å². The molecule has 3 aromatic rings. The van der Waals surface area contributed by atoms with Crippen molar-refractivity contribution in [3.63, 3.8) is 0 Å². The predicted molar refractivity (Wildman–Crippen MR) is 97.4 cm³/mol.